The molecule has 0 amide bonds. The van der Waals surface area contributed by atoms with Crippen LogP contribution in [0.3, 0.4) is 0 Å². The molecule has 11 heavy (non-hydrogen) atoms. The van der Waals surface area contributed by atoms with E-state index in [0.717, 1.165) is 12.8 Å². The van der Waals surface area contributed by atoms with Crippen LogP contribution in [0.2, 0.25) is 0 Å². The third kappa shape index (κ3) is 4.73. The fourth-order valence-electron chi connectivity index (χ4n) is 1.03. The first-order valence-electron chi connectivity index (χ1n) is 3.94. The lowest BCUT2D eigenvalue weighted by Gasteiger charge is -2.09. The highest BCUT2D eigenvalue weighted by Gasteiger charge is 2.11. The van der Waals surface area contributed by atoms with Gasteiger partial charge in [0.2, 0.25) is 0 Å². The molecular formula is C9H16O2. The average molecular weight is 156 g/mol. The van der Waals surface area contributed by atoms with E-state index in [1.165, 1.54) is 0 Å². The molecule has 2 nitrogen and oxygen atoms in total. The van der Waals surface area contributed by atoms with Gasteiger partial charge in [0.1, 0.15) is 5.78 Å². The molecule has 1 N–H and O–H groups in total. The molecule has 0 spiro atoms. The SMILES string of the molecule is C=CCCC(CCO)C(C)=O. The quantitative estimate of drug-likeness (QED) is 0.592. The fourth-order valence-corrected chi connectivity index (χ4v) is 1.03. The van der Waals surface area contributed by atoms with E-state index in [9.17, 15) is 4.79 Å². The number of aliphatic hydroxyl groups excluding tert-OH is 1. The largest absolute Gasteiger partial charge is 0.396 e. The minimum absolute atomic E-state index is 0.0259. The Labute approximate surface area is 67.9 Å². The lowest BCUT2D eigenvalue weighted by molar-refractivity contribution is -0.121. The van der Waals surface area contributed by atoms with Gasteiger partial charge in [-0.2, -0.15) is 0 Å². The van der Waals surface area contributed by atoms with Gasteiger partial charge in [-0.15, -0.1) is 6.58 Å². The van der Waals surface area contributed by atoms with Gasteiger partial charge in [-0.1, -0.05) is 6.08 Å². The van der Waals surface area contributed by atoms with Gasteiger partial charge in [0.25, 0.3) is 0 Å². The number of allylic oxidation sites excluding steroid dienone is 1. The first-order valence-corrected chi connectivity index (χ1v) is 3.94. The highest BCUT2D eigenvalue weighted by molar-refractivity contribution is 5.78. The second-order valence-electron chi connectivity index (χ2n) is 2.69. The van der Waals surface area contributed by atoms with E-state index >= 15 is 0 Å². The summed E-state index contributed by atoms with van der Waals surface area (Å²) in [5, 5.41) is 8.61. The fraction of sp³-hybridized carbons (Fsp3) is 0.667. The van der Waals surface area contributed by atoms with Gasteiger partial charge in [-0.25, -0.2) is 0 Å². The van der Waals surface area contributed by atoms with Gasteiger partial charge in [0, 0.05) is 12.5 Å². The van der Waals surface area contributed by atoms with Crippen LogP contribution in [0, 0.1) is 5.92 Å². The zero-order valence-corrected chi connectivity index (χ0v) is 7.05. The third-order valence-electron chi connectivity index (χ3n) is 1.77. The van der Waals surface area contributed by atoms with Crippen molar-refractivity contribution < 1.29 is 9.90 Å². The van der Waals surface area contributed by atoms with Gasteiger partial charge in [0.05, 0.1) is 0 Å². The zero-order valence-electron chi connectivity index (χ0n) is 7.05. The van der Waals surface area contributed by atoms with E-state index in [2.05, 4.69) is 6.58 Å². The van der Waals surface area contributed by atoms with E-state index in [1.54, 1.807) is 13.0 Å². The summed E-state index contributed by atoms with van der Waals surface area (Å²) in [6.07, 6.45) is 4.06. The van der Waals surface area contributed by atoms with Crippen LogP contribution in [0.5, 0.6) is 0 Å². The van der Waals surface area contributed by atoms with Crippen molar-refractivity contribution >= 4 is 5.78 Å². The van der Waals surface area contributed by atoms with Crippen molar-refractivity contribution in [1.82, 2.24) is 0 Å². The summed E-state index contributed by atoms with van der Waals surface area (Å²) in [5.41, 5.74) is 0. The Kier molecular flexibility index (Phi) is 5.75. The average Bonchev–Trinajstić information content (AvgIpc) is 1.97. The number of Topliss-reactive ketones (excluding diaryl/α,β-unsaturated/α-hetero) is 1. The molecule has 0 aromatic heterocycles. The lowest BCUT2D eigenvalue weighted by atomic mass is 9.96. The maximum Gasteiger partial charge on any atom is 0.133 e. The summed E-state index contributed by atoms with van der Waals surface area (Å²) in [4.78, 5) is 10.9. The molecule has 0 bridgehead atoms. The summed E-state index contributed by atoms with van der Waals surface area (Å²) in [7, 11) is 0. The monoisotopic (exact) mass is 156 g/mol. The Bertz CT molecular complexity index is 130. The topological polar surface area (TPSA) is 37.3 Å². The van der Waals surface area contributed by atoms with Crippen LogP contribution in [-0.2, 0) is 4.79 Å². The van der Waals surface area contributed by atoms with Crippen molar-refractivity contribution in [2.24, 2.45) is 5.92 Å². The molecule has 0 aromatic rings. The van der Waals surface area contributed by atoms with E-state index in [4.69, 9.17) is 5.11 Å². The Morgan fingerprint density at radius 1 is 1.64 bits per heavy atom. The highest BCUT2D eigenvalue weighted by Crippen LogP contribution is 2.11. The van der Waals surface area contributed by atoms with Crippen molar-refractivity contribution in [3.8, 4) is 0 Å². The van der Waals surface area contributed by atoms with E-state index in [1.807, 2.05) is 0 Å². The number of hydrogen-bond acceptors (Lipinski definition) is 2. The van der Waals surface area contributed by atoms with Crippen LogP contribution in [0.15, 0.2) is 12.7 Å². The van der Waals surface area contributed by atoms with Crippen molar-refractivity contribution in [2.75, 3.05) is 6.61 Å². The Morgan fingerprint density at radius 2 is 2.27 bits per heavy atom. The third-order valence-corrected chi connectivity index (χ3v) is 1.77. The van der Waals surface area contributed by atoms with E-state index in [0.29, 0.717) is 6.42 Å². The molecule has 0 aliphatic rings. The second kappa shape index (κ2) is 6.10. The standard InChI is InChI=1S/C9H16O2/c1-3-4-5-9(6-7-10)8(2)11/h3,9-10H,1,4-7H2,2H3. The van der Waals surface area contributed by atoms with Crippen LogP contribution >= 0.6 is 0 Å². The zero-order chi connectivity index (χ0) is 8.69. The summed E-state index contributed by atoms with van der Waals surface area (Å²) in [6.45, 7) is 5.25. The van der Waals surface area contributed by atoms with Crippen molar-refractivity contribution in [2.45, 2.75) is 26.2 Å². The molecule has 1 unspecified atom stereocenters. The number of carbonyl (C=O) groups excluding carboxylic acids is 1. The van der Waals surface area contributed by atoms with Crippen LogP contribution in [-0.4, -0.2) is 17.5 Å². The predicted octanol–water partition coefficient (Wildman–Crippen LogP) is 1.54. The minimum atomic E-state index is 0.0259. The molecule has 0 aliphatic heterocycles. The number of ketones is 1. The Balaban J connectivity index is 3.68. The molecule has 2 heteroatoms. The molecule has 0 rings (SSSR count). The summed E-state index contributed by atoms with van der Waals surface area (Å²) in [6, 6.07) is 0. The summed E-state index contributed by atoms with van der Waals surface area (Å²) >= 11 is 0. The van der Waals surface area contributed by atoms with Gasteiger partial charge >= 0.3 is 0 Å². The molecule has 0 aliphatic carbocycles. The van der Waals surface area contributed by atoms with Gasteiger partial charge in [0.15, 0.2) is 0 Å². The van der Waals surface area contributed by atoms with Gasteiger partial charge < -0.3 is 5.11 Å². The molecule has 0 fully saturated rings. The molecule has 0 radical (unpaired) electrons. The predicted molar refractivity (Wildman–Crippen MR) is 45.3 cm³/mol. The van der Waals surface area contributed by atoms with Gasteiger partial charge in [-0.3, -0.25) is 4.79 Å². The Hall–Kier alpha value is -0.630. The summed E-state index contributed by atoms with van der Waals surface area (Å²) in [5.74, 6) is 0.193. The molecule has 0 aromatic carbocycles. The first kappa shape index (κ1) is 10.4. The van der Waals surface area contributed by atoms with Crippen LogP contribution in [0.4, 0.5) is 0 Å². The Morgan fingerprint density at radius 3 is 2.64 bits per heavy atom. The first-order chi connectivity index (χ1) is 5.22. The highest BCUT2D eigenvalue weighted by atomic mass is 16.3. The number of aliphatic hydroxyl groups is 1. The molecule has 0 saturated heterocycles. The summed E-state index contributed by atoms with van der Waals surface area (Å²) < 4.78 is 0. The van der Waals surface area contributed by atoms with Crippen molar-refractivity contribution in [1.29, 1.82) is 0 Å². The maximum absolute atomic E-state index is 10.9. The number of carbonyl (C=O) groups is 1. The van der Waals surface area contributed by atoms with Gasteiger partial charge in [-0.05, 0) is 26.2 Å². The second-order valence-corrected chi connectivity index (χ2v) is 2.69. The normalized spacial score (nSPS) is 12.5. The van der Waals surface area contributed by atoms with E-state index < -0.39 is 0 Å². The number of hydrogen-bond donors (Lipinski definition) is 1. The molecule has 0 heterocycles. The van der Waals surface area contributed by atoms with Crippen molar-refractivity contribution in [3.05, 3.63) is 12.7 Å². The van der Waals surface area contributed by atoms with Crippen LogP contribution in [0.25, 0.3) is 0 Å². The molecular weight excluding hydrogens is 140 g/mol. The molecule has 64 valence electrons. The lowest BCUT2D eigenvalue weighted by Crippen LogP contribution is -2.12. The number of rotatable bonds is 6. The smallest absolute Gasteiger partial charge is 0.133 e. The van der Waals surface area contributed by atoms with E-state index in [-0.39, 0.29) is 18.3 Å². The molecule has 0 saturated carbocycles. The van der Waals surface area contributed by atoms with Crippen LogP contribution < -0.4 is 0 Å². The minimum Gasteiger partial charge on any atom is -0.396 e. The van der Waals surface area contributed by atoms with Crippen LogP contribution in [0.1, 0.15) is 26.2 Å². The maximum atomic E-state index is 10.9. The van der Waals surface area contributed by atoms with Crippen molar-refractivity contribution in [3.63, 3.8) is 0 Å². The molecule has 1 atom stereocenters.